The molecule has 8 rings (SSSR count). The van der Waals surface area contributed by atoms with Gasteiger partial charge in [0.1, 0.15) is 41.3 Å². The van der Waals surface area contributed by atoms with Crippen molar-refractivity contribution in [2.45, 2.75) is 152 Å². The molecule has 4 saturated carbocycles. The maximum atomic E-state index is 14.9. The molecule has 2 aromatic rings. The Kier molecular flexibility index (Phi) is 11.4. The smallest absolute Gasteiger partial charge is 0.408 e. The minimum Gasteiger partial charge on any atom is -0.497 e. The number of ether oxygens (including phenoxy) is 3. The molecule has 4 bridgehead atoms. The van der Waals surface area contributed by atoms with Gasteiger partial charge in [0.05, 0.1) is 35.4 Å². The number of carbonyl (C=O) groups is 4. The van der Waals surface area contributed by atoms with Crippen LogP contribution in [0.15, 0.2) is 18.2 Å². The summed E-state index contributed by atoms with van der Waals surface area (Å²) in [6, 6.07) is 2.76. The molecule has 0 radical (unpaired) electrons. The second-order valence-electron chi connectivity index (χ2n) is 19.6. The molecular weight excluding hydrogens is 815 g/mol. The SMILES string of the molecule is COc1ccc2nc3c(nc2c1)O[C@@H]1C[C@@H](C(=O)N[C@]2(C(=O)NS(=O)(=O)C4(C)CC4)C[C@H]2C(F)F)N(C1)C(=O)[C@H](C(C)(C)C)NC(=O)O[C@@H]1[C@H]2CC[C@H](C2)[C@H]1CCCCCC3. The van der Waals surface area contributed by atoms with Crippen LogP contribution in [0.1, 0.15) is 110 Å². The molecule has 1 aromatic carbocycles. The Labute approximate surface area is 355 Å². The highest BCUT2D eigenvalue weighted by Crippen LogP contribution is 2.52. The molecule has 5 fully saturated rings. The minimum atomic E-state index is -4.24. The van der Waals surface area contributed by atoms with Crippen molar-refractivity contribution in [1.82, 2.24) is 30.2 Å². The molecule has 1 saturated heterocycles. The molecule has 1 aromatic heterocycles. The third kappa shape index (κ3) is 8.45. The standard InChI is InChI=1S/C43H58F2N6O9S/c1-41(2,3)34-38(53)51-22-26(20-32(51)36(52)49-43(21-28(43)35(44)45)39(54)50-61(56,57)42(4)16-17-42)59-37-30(46-29-15-14-25(58-5)19-31(29)47-37)11-9-7-6-8-10-27-23-12-13-24(18-23)33(27)60-40(55)48-34/h14-15,19,23-24,26-28,32-35H,6-13,16-18,20-22H2,1-5H3,(H,48,55)(H,49,52)(H,50,54)/t23-,24+,26-,27-,28+,32+,33-,34-,43-/m1/s1. The second kappa shape index (κ2) is 16.1. The number of halogens is 2. The summed E-state index contributed by atoms with van der Waals surface area (Å²) in [5.74, 6) is -2.78. The molecule has 6 aliphatic rings. The zero-order valence-corrected chi connectivity index (χ0v) is 36.3. The lowest BCUT2D eigenvalue weighted by Gasteiger charge is -2.36. The molecule has 9 atom stereocenters. The number of rotatable bonds is 7. The third-order valence-electron chi connectivity index (χ3n) is 14.3. The highest BCUT2D eigenvalue weighted by Gasteiger charge is 2.67. The van der Waals surface area contributed by atoms with Gasteiger partial charge in [0.2, 0.25) is 34.1 Å². The number of hydrogen-bond donors (Lipinski definition) is 3. The normalized spacial score (nSPS) is 32.6. The van der Waals surface area contributed by atoms with E-state index in [0.29, 0.717) is 47.7 Å². The monoisotopic (exact) mass is 872 g/mol. The highest BCUT2D eigenvalue weighted by molar-refractivity contribution is 7.91. The first-order valence-corrected chi connectivity index (χ1v) is 23.3. The minimum absolute atomic E-state index is 0.142. The fraction of sp³-hybridized carbons (Fsp3) is 0.721. The summed E-state index contributed by atoms with van der Waals surface area (Å²) in [7, 11) is -2.70. The predicted molar refractivity (Wildman–Crippen MR) is 218 cm³/mol. The van der Waals surface area contributed by atoms with E-state index in [2.05, 4.69) is 10.6 Å². The van der Waals surface area contributed by atoms with Crippen LogP contribution in [0, 0.1) is 29.1 Å². The van der Waals surface area contributed by atoms with Crippen LogP contribution in [-0.4, -0.2) is 102 Å². The second-order valence-corrected chi connectivity index (χ2v) is 21.8. The Bertz CT molecular complexity index is 2180. The van der Waals surface area contributed by atoms with Gasteiger partial charge in [-0.05, 0) is 100 Å². The first-order valence-electron chi connectivity index (χ1n) is 21.8. The molecule has 334 valence electrons. The summed E-state index contributed by atoms with van der Waals surface area (Å²) in [6.45, 7) is 6.60. The highest BCUT2D eigenvalue weighted by atomic mass is 32.2. The Morgan fingerprint density at radius 1 is 1.00 bits per heavy atom. The maximum absolute atomic E-state index is 14.9. The van der Waals surface area contributed by atoms with Crippen molar-refractivity contribution < 1.29 is 50.6 Å². The molecule has 2 aliphatic heterocycles. The van der Waals surface area contributed by atoms with E-state index in [4.69, 9.17) is 24.2 Å². The van der Waals surface area contributed by atoms with Gasteiger partial charge in [-0.1, -0.05) is 40.0 Å². The van der Waals surface area contributed by atoms with Gasteiger partial charge < -0.3 is 29.7 Å². The van der Waals surface area contributed by atoms with Crippen LogP contribution in [0.3, 0.4) is 0 Å². The van der Waals surface area contributed by atoms with E-state index >= 15 is 0 Å². The van der Waals surface area contributed by atoms with E-state index in [9.17, 15) is 36.4 Å². The van der Waals surface area contributed by atoms with E-state index in [1.807, 2.05) is 10.8 Å². The van der Waals surface area contributed by atoms with Crippen molar-refractivity contribution >= 4 is 44.9 Å². The molecule has 0 spiro atoms. The third-order valence-corrected chi connectivity index (χ3v) is 16.4. The van der Waals surface area contributed by atoms with Gasteiger partial charge in [0.15, 0.2) is 0 Å². The molecule has 3 N–H and O–H groups in total. The molecule has 3 heterocycles. The molecule has 18 heteroatoms. The van der Waals surface area contributed by atoms with E-state index in [0.717, 1.165) is 51.4 Å². The molecule has 61 heavy (non-hydrogen) atoms. The van der Waals surface area contributed by atoms with Crippen LogP contribution < -0.4 is 24.8 Å². The number of hydrogen-bond acceptors (Lipinski definition) is 11. The Balaban J connectivity index is 1.13. The van der Waals surface area contributed by atoms with E-state index in [1.54, 1.807) is 40.0 Å². The van der Waals surface area contributed by atoms with Crippen molar-refractivity contribution in [2.75, 3.05) is 13.7 Å². The average molecular weight is 873 g/mol. The first-order chi connectivity index (χ1) is 28.8. The van der Waals surface area contributed by atoms with Crippen molar-refractivity contribution in [3.8, 4) is 11.6 Å². The van der Waals surface area contributed by atoms with Crippen LogP contribution >= 0.6 is 0 Å². The number of nitrogens with one attached hydrogen (secondary N) is 3. The van der Waals surface area contributed by atoms with Crippen LogP contribution in [0.25, 0.3) is 11.0 Å². The van der Waals surface area contributed by atoms with Crippen molar-refractivity contribution in [3.63, 3.8) is 0 Å². The number of methoxy groups -OCH3 is 1. The summed E-state index contributed by atoms with van der Waals surface area (Å²) in [4.78, 5) is 67.9. The Hall–Kier alpha value is -4.35. The summed E-state index contributed by atoms with van der Waals surface area (Å²) in [5, 5.41) is 5.32. The number of aromatic nitrogens is 2. The molecule has 0 unspecified atom stereocenters. The number of carbonyl (C=O) groups excluding carboxylic acids is 4. The number of benzene rings is 1. The molecule has 4 amide bonds. The molecule has 15 nitrogen and oxygen atoms in total. The van der Waals surface area contributed by atoms with Gasteiger partial charge >= 0.3 is 6.09 Å². The van der Waals surface area contributed by atoms with Crippen LogP contribution in [0.4, 0.5) is 13.6 Å². The van der Waals surface area contributed by atoms with Gasteiger partial charge in [0, 0.05) is 12.5 Å². The van der Waals surface area contributed by atoms with Crippen LogP contribution in [-0.2, 0) is 35.6 Å². The number of aryl methyl sites for hydroxylation is 1. The zero-order valence-electron chi connectivity index (χ0n) is 35.5. The van der Waals surface area contributed by atoms with E-state index in [-0.39, 0.29) is 36.8 Å². The Morgan fingerprint density at radius 2 is 1.74 bits per heavy atom. The van der Waals surface area contributed by atoms with E-state index < -0.39 is 86.5 Å². The van der Waals surface area contributed by atoms with Crippen molar-refractivity contribution in [1.29, 1.82) is 0 Å². The Morgan fingerprint density at radius 3 is 2.43 bits per heavy atom. The number of alkyl halides is 2. The van der Waals surface area contributed by atoms with Gasteiger partial charge in [-0.3, -0.25) is 19.1 Å². The summed E-state index contributed by atoms with van der Waals surface area (Å²) < 4.78 is 73.7. The fourth-order valence-corrected chi connectivity index (χ4v) is 11.5. The summed E-state index contributed by atoms with van der Waals surface area (Å²) in [6.07, 6.45) is 3.25. The van der Waals surface area contributed by atoms with Gasteiger partial charge in [-0.25, -0.2) is 32.0 Å². The van der Waals surface area contributed by atoms with Crippen molar-refractivity contribution in [2.24, 2.45) is 29.1 Å². The summed E-state index contributed by atoms with van der Waals surface area (Å²) in [5.41, 5.74) is -1.40. The molecular formula is C43H58F2N6O9S. The average Bonchev–Trinajstić information content (AvgIpc) is 3.95. The zero-order chi connectivity index (χ0) is 43.6. The lowest BCUT2D eigenvalue weighted by atomic mass is 9.82. The lowest BCUT2D eigenvalue weighted by Crippen LogP contribution is -2.60. The van der Waals surface area contributed by atoms with Gasteiger partial charge in [-0.15, -0.1) is 0 Å². The van der Waals surface area contributed by atoms with Gasteiger partial charge in [-0.2, -0.15) is 0 Å². The summed E-state index contributed by atoms with van der Waals surface area (Å²) >= 11 is 0. The molecule has 4 aliphatic carbocycles. The fourth-order valence-electron chi connectivity index (χ4n) is 10.2. The van der Waals surface area contributed by atoms with E-state index in [1.165, 1.54) is 11.8 Å². The number of nitrogens with zero attached hydrogens (tertiary/aromatic N) is 3. The maximum Gasteiger partial charge on any atom is 0.408 e. The number of sulfonamides is 1. The largest absolute Gasteiger partial charge is 0.497 e. The van der Waals surface area contributed by atoms with Gasteiger partial charge in [0.25, 0.3) is 5.91 Å². The van der Waals surface area contributed by atoms with Crippen molar-refractivity contribution in [3.05, 3.63) is 23.9 Å². The number of amides is 4. The van der Waals surface area contributed by atoms with Crippen LogP contribution in [0.2, 0.25) is 0 Å². The quantitative estimate of drug-likeness (QED) is 0.332. The predicted octanol–water partition coefficient (Wildman–Crippen LogP) is 5.19. The number of fused-ring (bicyclic) bond motifs is 9. The first kappa shape index (κ1) is 43.3. The lowest BCUT2D eigenvalue weighted by molar-refractivity contribution is -0.143. The topological polar surface area (TPSA) is 195 Å². The number of alkyl carbamates (subject to hydrolysis) is 1. The van der Waals surface area contributed by atoms with Crippen LogP contribution in [0.5, 0.6) is 11.6 Å².